The van der Waals surface area contributed by atoms with E-state index < -0.39 is 32.0 Å². The molecule has 2 aliphatic carbocycles. The summed E-state index contributed by atoms with van der Waals surface area (Å²) < 4.78 is 67.7. The number of hydrogen-bond acceptors (Lipinski definition) is 10. The molecular formula is C34H37Br2LiN2O11S2. The van der Waals surface area contributed by atoms with Gasteiger partial charge in [0.1, 0.15) is 33.8 Å². The van der Waals surface area contributed by atoms with E-state index in [1.54, 1.807) is 31.2 Å². The summed E-state index contributed by atoms with van der Waals surface area (Å²) in [5, 5.41) is 10.7. The molecule has 0 aliphatic heterocycles. The number of nitrogens with zero attached hydrogens (tertiary/aromatic N) is 2. The molecule has 2 aromatic carbocycles. The van der Waals surface area contributed by atoms with Crippen LogP contribution in [0.25, 0.3) is 33.1 Å². The number of benzene rings is 2. The van der Waals surface area contributed by atoms with Crippen molar-refractivity contribution in [1.82, 2.24) is 0 Å². The van der Waals surface area contributed by atoms with Crippen molar-refractivity contribution in [1.29, 1.82) is 0 Å². The Morgan fingerprint density at radius 2 is 1.19 bits per heavy atom. The molecule has 0 spiro atoms. The summed E-state index contributed by atoms with van der Waals surface area (Å²) in [6.45, 7) is 2.02. The van der Waals surface area contributed by atoms with E-state index >= 15 is 0 Å². The summed E-state index contributed by atoms with van der Waals surface area (Å²) >= 11 is 6.74. The first-order chi connectivity index (χ1) is 23.4. The zero-order chi connectivity index (χ0) is 36.7. The second-order valence-electron chi connectivity index (χ2n) is 11.9. The van der Waals surface area contributed by atoms with Crippen LogP contribution < -0.4 is 27.5 Å². The zero-order valence-corrected chi connectivity index (χ0v) is 34.3. The van der Waals surface area contributed by atoms with Crippen LogP contribution in [0.5, 0.6) is 0 Å². The quantitative estimate of drug-likeness (QED) is 0.175. The van der Waals surface area contributed by atoms with Gasteiger partial charge in [0.05, 0.1) is 30.5 Å². The monoisotopic (exact) mass is 878 g/mol. The van der Waals surface area contributed by atoms with Gasteiger partial charge >= 0.3 is 30.8 Å². The van der Waals surface area contributed by atoms with Gasteiger partial charge in [-0.1, -0.05) is 12.2 Å². The van der Waals surface area contributed by atoms with Crippen LogP contribution in [0.4, 0.5) is 11.4 Å². The van der Waals surface area contributed by atoms with Gasteiger partial charge in [0.2, 0.25) is 20.0 Å². The van der Waals surface area contributed by atoms with E-state index in [1.165, 1.54) is 14.1 Å². The van der Waals surface area contributed by atoms with Crippen LogP contribution in [-0.4, -0.2) is 72.6 Å². The fourth-order valence-corrected chi connectivity index (χ4v) is 8.35. The number of ether oxygens (including phenoxy) is 1. The maximum Gasteiger partial charge on any atom is 1.00 e. The molecule has 276 valence electrons. The number of hydrogen-bond donors (Lipinski definition) is 1. The van der Waals surface area contributed by atoms with Crippen LogP contribution in [-0.2, 0) is 24.8 Å². The molecule has 2 aromatic heterocycles. The van der Waals surface area contributed by atoms with Crippen molar-refractivity contribution in [3.8, 4) is 0 Å². The third kappa shape index (κ3) is 8.83. The topological polar surface area (TPSA) is 195 Å². The molecule has 2 aliphatic rings. The minimum atomic E-state index is -3.45. The molecule has 0 fully saturated rings. The SMILES string of the molecule is CCOC(=O)c1c(C2=CCCC2)oc2cc(N(C)S(C)(=O)=O)c(Br)cc12.CN(c1cc2oc(C3=CCCC3)c(C(=O)O)c2cc1Br)S(C)(=O)=O.[Li+].[OH-]. The summed E-state index contributed by atoms with van der Waals surface area (Å²) in [7, 11) is -3.98. The Kier molecular flexibility index (Phi) is 14.1. The van der Waals surface area contributed by atoms with Crippen molar-refractivity contribution >= 4 is 108 Å². The Morgan fingerprint density at radius 3 is 1.54 bits per heavy atom. The van der Waals surface area contributed by atoms with E-state index in [-0.39, 0.29) is 36.5 Å². The number of esters is 1. The summed E-state index contributed by atoms with van der Waals surface area (Å²) in [5.74, 6) is -0.624. The molecule has 4 aromatic rings. The van der Waals surface area contributed by atoms with Crippen molar-refractivity contribution in [2.45, 2.75) is 45.4 Å². The second kappa shape index (κ2) is 17.0. The first-order valence-corrected chi connectivity index (χ1v) is 20.9. The van der Waals surface area contributed by atoms with Crippen LogP contribution in [0.15, 0.2) is 54.2 Å². The van der Waals surface area contributed by atoms with E-state index in [2.05, 4.69) is 37.9 Å². The van der Waals surface area contributed by atoms with E-state index in [0.717, 1.165) is 70.8 Å². The molecule has 18 heteroatoms. The molecule has 13 nitrogen and oxygen atoms in total. The maximum absolute atomic E-state index is 12.6. The third-order valence-corrected chi connectivity index (χ3v) is 12.2. The minimum absolute atomic E-state index is 0. The Bertz CT molecular complexity index is 2310. The molecule has 0 unspecified atom stereocenters. The van der Waals surface area contributed by atoms with E-state index in [0.29, 0.717) is 59.3 Å². The van der Waals surface area contributed by atoms with Gasteiger partial charge in [0, 0.05) is 45.9 Å². The number of allylic oxidation sites excluding steroid dienone is 4. The van der Waals surface area contributed by atoms with Gasteiger partial charge in [-0.25, -0.2) is 26.4 Å². The van der Waals surface area contributed by atoms with E-state index in [9.17, 15) is 31.5 Å². The van der Waals surface area contributed by atoms with E-state index in [1.807, 2.05) is 6.08 Å². The van der Waals surface area contributed by atoms with Crippen LogP contribution in [0.1, 0.15) is 77.7 Å². The molecule has 0 saturated carbocycles. The Hall–Kier alpha value is -3.04. The van der Waals surface area contributed by atoms with Gasteiger partial charge < -0.3 is 24.2 Å². The molecule has 2 heterocycles. The number of rotatable bonds is 9. The Morgan fingerprint density at radius 1 is 0.788 bits per heavy atom. The van der Waals surface area contributed by atoms with Gasteiger partial charge in [-0.3, -0.25) is 8.61 Å². The number of furan rings is 2. The number of carboxylic acids is 1. The van der Waals surface area contributed by atoms with Crippen molar-refractivity contribution < 1.29 is 69.4 Å². The number of fused-ring (bicyclic) bond motifs is 2. The van der Waals surface area contributed by atoms with Crippen molar-refractivity contribution in [3.63, 3.8) is 0 Å². The standard InChI is InChI=1S/C18H20BrNO5S.C16H16BrNO5S.Li.H2O/c1-4-24-18(21)16-12-9-13(19)14(20(2)26(3,22)23)10-15(12)25-17(16)11-7-5-6-8-11;1-18(24(2,21)22)12-8-13-10(7-11(12)17)14(16(19)20)15(23-13)9-5-3-4-6-9;;/h7,9-10H,4-6,8H2,1-3H3;5,7-8H,3-4,6H2,1-2H3,(H,19,20);;1H2/q;;+1;/p-1. The average Bonchev–Trinajstić information content (AvgIpc) is 3.84. The zero-order valence-electron chi connectivity index (χ0n) is 29.4. The summed E-state index contributed by atoms with van der Waals surface area (Å²) in [6.07, 6.45) is 11.7. The minimum Gasteiger partial charge on any atom is -0.870 e. The van der Waals surface area contributed by atoms with Crippen molar-refractivity contribution in [3.05, 3.63) is 68.0 Å². The fraction of sp³-hybridized carbons (Fsp3) is 0.353. The number of sulfonamides is 2. The number of carboxylic acid groups (broad SMARTS) is 1. The summed E-state index contributed by atoms with van der Waals surface area (Å²) in [5.41, 5.74) is 4.01. The van der Waals surface area contributed by atoms with Gasteiger partial charge in [0.15, 0.2) is 0 Å². The molecule has 0 atom stereocenters. The van der Waals surface area contributed by atoms with Crippen molar-refractivity contribution in [2.24, 2.45) is 0 Å². The number of carbonyl (C=O) groups excluding carboxylic acids is 1. The van der Waals surface area contributed by atoms with Gasteiger partial charge in [-0.05, 0) is 101 Å². The molecule has 6 rings (SSSR count). The molecule has 0 bridgehead atoms. The smallest absolute Gasteiger partial charge is 0.870 e. The second-order valence-corrected chi connectivity index (χ2v) is 17.7. The van der Waals surface area contributed by atoms with Crippen LogP contribution >= 0.6 is 31.9 Å². The van der Waals surface area contributed by atoms with Gasteiger partial charge in [-0.2, -0.15) is 0 Å². The van der Waals surface area contributed by atoms with Crippen LogP contribution in [0.2, 0.25) is 0 Å². The first-order valence-electron chi connectivity index (χ1n) is 15.6. The largest absolute Gasteiger partial charge is 1.00 e. The predicted octanol–water partition coefficient (Wildman–Crippen LogP) is 5.02. The van der Waals surface area contributed by atoms with Gasteiger partial charge in [0.25, 0.3) is 0 Å². The fourth-order valence-electron chi connectivity index (χ4n) is 5.88. The van der Waals surface area contributed by atoms with Crippen LogP contribution in [0, 0.1) is 0 Å². The number of halogens is 2. The molecule has 0 radical (unpaired) electrons. The molecule has 0 saturated heterocycles. The van der Waals surface area contributed by atoms with Gasteiger partial charge in [-0.15, -0.1) is 0 Å². The third-order valence-electron chi connectivity index (χ3n) is 8.55. The van der Waals surface area contributed by atoms with Crippen LogP contribution in [0.3, 0.4) is 0 Å². The normalized spacial score (nSPS) is 14.1. The Balaban J connectivity index is 0.000000271. The molecule has 2 N–H and O–H groups in total. The number of aromatic carboxylic acids is 1. The number of carbonyl (C=O) groups is 2. The van der Waals surface area contributed by atoms with Crippen molar-refractivity contribution in [2.75, 3.05) is 41.8 Å². The molecular weight excluding hydrogens is 843 g/mol. The summed E-state index contributed by atoms with van der Waals surface area (Å²) in [6, 6.07) is 6.48. The van der Waals surface area contributed by atoms with E-state index in [4.69, 9.17) is 13.6 Å². The average molecular weight is 881 g/mol. The maximum atomic E-state index is 12.6. The Labute approximate surface area is 330 Å². The first kappa shape index (κ1) is 43.4. The summed E-state index contributed by atoms with van der Waals surface area (Å²) in [4.78, 5) is 24.3. The molecule has 0 amide bonds. The predicted molar refractivity (Wildman–Crippen MR) is 203 cm³/mol. The number of anilines is 2. The molecule has 52 heavy (non-hydrogen) atoms.